The van der Waals surface area contributed by atoms with Crippen LogP contribution in [0.3, 0.4) is 0 Å². The van der Waals surface area contributed by atoms with E-state index < -0.39 is 0 Å². The van der Waals surface area contributed by atoms with Gasteiger partial charge in [-0.3, -0.25) is 9.88 Å². The molecule has 3 nitrogen and oxygen atoms in total. The second-order valence-electron chi connectivity index (χ2n) is 4.67. The van der Waals surface area contributed by atoms with E-state index in [2.05, 4.69) is 28.9 Å². The topological polar surface area (TPSA) is 42.1 Å². The zero-order valence-corrected chi connectivity index (χ0v) is 10.2. The molecule has 1 aliphatic heterocycles. The van der Waals surface area contributed by atoms with Gasteiger partial charge in [-0.05, 0) is 37.9 Å². The first-order chi connectivity index (χ1) is 7.72. The minimum absolute atomic E-state index is 0.260. The van der Waals surface area contributed by atoms with Gasteiger partial charge in [-0.1, -0.05) is 13.0 Å². The van der Waals surface area contributed by atoms with Crippen LogP contribution in [-0.4, -0.2) is 29.0 Å². The van der Waals surface area contributed by atoms with E-state index in [1.165, 1.54) is 12.0 Å². The molecule has 3 heteroatoms. The van der Waals surface area contributed by atoms with Gasteiger partial charge in [0.2, 0.25) is 0 Å². The molecule has 2 atom stereocenters. The van der Waals surface area contributed by atoms with Crippen LogP contribution in [0.4, 0.5) is 0 Å². The molecule has 0 bridgehead atoms. The number of hydrogen-bond donors (Lipinski definition) is 1. The van der Waals surface area contributed by atoms with E-state index in [1.54, 1.807) is 0 Å². The molecule has 2 N–H and O–H groups in total. The Morgan fingerprint density at radius 1 is 1.50 bits per heavy atom. The highest BCUT2D eigenvalue weighted by molar-refractivity contribution is 5.20. The SMILES string of the molecule is CCCN1CCC(N)C1c1ccc(C)nc1. The molecular weight excluding hydrogens is 198 g/mol. The summed E-state index contributed by atoms with van der Waals surface area (Å²) in [5.41, 5.74) is 8.53. The number of nitrogens with two attached hydrogens (primary N) is 1. The molecule has 0 radical (unpaired) electrons. The molecule has 1 aromatic rings. The van der Waals surface area contributed by atoms with Crippen LogP contribution < -0.4 is 5.73 Å². The maximum atomic E-state index is 6.20. The third-order valence-corrected chi connectivity index (χ3v) is 3.34. The Kier molecular flexibility index (Phi) is 3.56. The lowest BCUT2D eigenvalue weighted by Crippen LogP contribution is -2.32. The van der Waals surface area contributed by atoms with Gasteiger partial charge in [0.25, 0.3) is 0 Å². The van der Waals surface area contributed by atoms with Crippen LogP contribution in [0, 0.1) is 6.92 Å². The molecule has 1 saturated heterocycles. The van der Waals surface area contributed by atoms with Crippen LogP contribution in [0.1, 0.15) is 37.1 Å². The molecule has 2 heterocycles. The Hall–Kier alpha value is -0.930. The van der Waals surface area contributed by atoms with Gasteiger partial charge in [0.15, 0.2) is 0 Å². The van der Waals surface area contributed by atoms with Crippen molar-refractivity contribution in [2.24, 2.45) is 5.73 Å². The number of hydrogen-bond acceptors (Lipinski definition) is 3. The van der Waals surface area contributed by atoms with Gasteiger partial charge in [0.05, 0.1) is 6.04 Å². The number of rotatable bonds is 3. The van der Waals surface area contributed by atoms with Gasteiger partial charge in [0, 0.05) is 24.5 Å². The number of likely N-dealkylation sites (tertiary alicyclic amines) is 1. The lowest BCUT2D eigenvalue weighted by atomic mass is 10.0. The van der Waals surface area contributed by atoms with Crippen molar-refractivity contribution in [3.63, 3.8) is 0 Å². The molecule has 2 unspecified atom stereocenters. The van der Waals surface area contributed by atoms with Crippen molar-refractivity contribution in [1.82, 2.24) is 9.88 Å². The summed E-state index contributed by atoms with van der Waals surface area (Å²) in [4.78, 5) is 6.85. The van der Waals surface area contributed by atoms with Crippen molar-refractivity contribution < 1.29 is 0 Å². The van der Waals surface area contributed by atoms with Crippen LogP contribution in [0.2, 0.25) is 0 Å². The Balaban J connectivity index is 2.19. The molecule has 16 heavy (non-hydrogen) atoms. The Labute approximate surface area is 97.7 Å². The van der Waals surface area contributed by atoms with Crippen molar-refractivity contribution >= 4 is 0 Å². The Bertz CT molecular complexity index is 332. The van der Waals surface area contributed by atoms with Crippen LogP contribution in [-0.2, 0) is 0 Å². The third-order valence-electron chi connectivity index (χ3n) is 3.34. The van der Waals surface area contributed by atoms with Crippen LogP contribution in [0.25, 0.3) is 0 Å². The number of pyridine rings is 1. The number of aryl methyl sites for hydroxylation is 1. The van der Waals surface area contributed by atoms with Crippen LogP contribution in [0.15, 0.2) is 18.3 Å². The highest BCUT2D eigenvalue weighted by atomic mass is 15.2. The second kappa shape index (κ2) is 4.93. The highest BCUT2D eigenvalue weighted by Gasteiger charge is 2.32. The van der Waals surface area contributed by atoms with E-state index in [1.807, 2.05) is 13.1 Å². The summed E-state index contributed by atoms with van der Waals surface area (Å²) in [6.45, 7) is 6.48. The first-order valence-corrected chi connectivity index (χ1v) is 6.14. The lowest BCUT2D eigenvalue weighted by Gasteiger charge is -2.26. The lowest BCUT2D eigenvalue weighted by molar-refractivity contribution is 0.248. The average Bonchev–Trinajstić information content (AvgIpc) is 2.62. The van der Waals surface area contributed by atoms with Gasteiger partial charge >= 0.3 is 0 Å². The summed E-state index contributed by atoms with van der Waals surface area (Å²) in [6.07, 6.45) is 4.26. The molecule has 88 valence electrons. The minimum atomic E-state index is 0.260. The molecule has 0 aromatic carbocycles. The molecule has 1 fully saturated rings. The van der Waals surface area contributed by atoms with Gasteiger partial charge in [-0.2, -0.15) is 0 Å². The fourth-order valence-electron chi connectivity index (χ4n) is 2.53. The second-order valence-corrected chi connectivity index (χ2v) is 4.67. The van der Waals surface area contributed by atoms with Gasteiger partial charge < -0.3 is 5.73 Å². The summed E-state index contributed by atoms with van der Waals surface area (Å²) in [5, 5.41) is 0. The van der Waals surface area contributed by atoms with Gasteiger partial charge in [0.1, 0.15) is 0 Å². The summed E-state index contributed by atoms with van der Waals surface area (Å²) < 4.78 is 0. The van der Waals surface area contributed by atoms with Gasteiger partial charge in [-0.15, -0.1) is 0 Å². The maximum Gasteiger partial charge on any atom is 0.0514 e. The van der Waals surface area contributed by atoms with Crippen molar-refractivity contribution in [2.45, 2.75) is 38.8 Å². The van der Waals surface area contributed by atoms with E-state index in [-0.39, 0.29) is 6.04 Å². The Morgan fingerprint density at radius 3 is 2.94 bits per heavy atom. The summed E-state index contributed by atoms with van der Waals surface area (Å²) >= 11 is 0. The molecule has 0 saturated carbocycles. The monoisotopic (exact) mass is 219 g/mol. The van der Waals surface area contributed by atoms with Crippen LogP contribution >= 0.6 is 0 Å². The standard InChI is InChI=1S/C13H21N3/c1-3-7-16-8-6-12(14)13(16)11-5-4-10(2)15-9-11/h4-5,9,12-13H,3,6-8,14H2,1-2H3. The van der Waals surface area contributed by atoms with Crippen molar-refractivity contribution in [2.75, 3.05) is 13.1 Å². The zero-order valence-electron chi connectivity index (χ0n) is 10.2. The summed E-state index contributed by atoms with van der Waals surface area (Å²) in [7, 11) is 0. The first kappa shape index (κ1) is 11.6. The van der Waals surface area contributed by atoms with E-state index >= 15 is 0 Å². The predicted molar refractivity (Wildman–Crippen MR) is 66.2 cm³/mol. The molecule has 1 aliphatic rings. The van der Waals surface area contributed by atoms with Crippen molar-refractivity contribution in [1.29, 1.82) is 0 Å². The molecule has 0 aliphatic carbocycles. The van der Waals surface area contributed by atoms with E-state index in [9.17, 15) is 0 Å². The molecular formula is C13H21N3. The fourth-order valence-corrected chi connectivity index (χ4v) is 2.53. The van der Waals surface area contributed by atoms with E-state index in [0.717, 1.165) is 25.2 Å². The number of aromatic nitrogens is 1. The summed E-state index contributed by atoms with van der Waals surface area (Å²) in [6, 6.07) is 4.87. The van der Waals surface area contributed by atoms with Crippen molar-refractivity contribution in [3.8, 4) is 0 Å². The maximum absolute atomic E-state index is 6.20. The minimum Gasteiger partial charge on any atom is -0.326 e. The molecule has 1 aromatic heterocycles. The largest absolute Gasteiger partial charge is 0.326 e. The fraction of sp³-hybridized carbons (Fsp3) is 0.615. The molecule has 2 rings (SSSR count). The first-order valence-electron chi connectivity index (χ1n) is 6.14. The average molecular weight is 219 g/mol. The highest BCUT2D eigenvalue weighted by Crippen LogP contribution is 2.30. The summed E-state index contributed by atoms with van der Waals surface area (Å²) in [5.74, 6) is 0. The smallest absolute Gasteiger partial charge is 0.0514 e. The normalized spacial score (nSPS) is 26.2. The van der Waals surface area contributed by atoms with E-state index in [0.29, 0.717) is 6.04 Å². The quantitative estimate of drug-likeness (QED) is 0.844. The molecule has 0 spiro atoms. The van der Waals surface area contributed by atoms with Crippen LogP contribution in [0.5, 0.6) is 0 Å². The molecule has 0 amide bonds. The third kappa shape index (κ3) is 2.25. The zero-order chi connectivity index (χ0) is 11.5. The Morgan fingerprint density at radius 2 is 2.31 bits per heavy atom. The van der Waals surface area contributed by atoms with Crippen molar-refractivity contribution in [3.05, 3.63) is 29.6 Å². The van der Waals surface area contributed by atoms with Gasteiger partial charge in [-0.25, -0.2) is 0 Å². The number of nitrogens with zero attached hydrogens (tertiary/aromatic N) is 2. The van der Waals surface area contributed by atoms with E-state index in [4.69, 9.17) is 5.73 Å². The predicted octanol–water partition coefficient (Wildman–Crippen LogP) is 1.87.